The first kappa shape index (κ1) is 14.4. The van der Waals surface area contributed by atoms with Crippen LogP contribution < -0.4 is 5.73 Å². The maximum atomic E-state index is 11.5. The van der Waals surface area contributed by atoms with Crippen LogP contribution in [0.15, 0.2) is 0 Å². The van der Waals surface area contributed by atoms with E-state index in [1.165, 1.54) is 0 Å². The van der Waals surface area contributed by atoms with Gasteiger partial charge in [0.25, 0.3) is 0 Å². The van der Waals surface area contributed by atoms with Crippen LogP contribution in [0.4, 0.5) is 0 Å². The molecule has 0 fully saturated rings. The van der Waals surface area contributed by atoms with Gasteiger partial charge in [-0.2, -0.15) is 0 Å². The molecule has 0 aromatic heterocycles. The summed E-state index contributed by atoms with van der Waals surface area (Å²) in [6.07, 6.45) is 1.60. The third-order valence-corrected chi connectivity index (χ3v) is 1.91. The average Bonchev–Trinajstić information content (AvgIpc) is 1.95. The average molecular weight is 215 g/mol. The van der Waals surface area contributed by atoms with Gasteiger partial charge in [-0.25, -0.2) is 0 Å². The maximum absolute atomic E-state index is 11.5. The van der Waals surface area contributed by atoms with Crippen molar-refractivity contribution < 1.29 is 9.53 Å². The van der Waals surface area contributed by atoms with Crippen molar-refractivity contribution in [2.45, 2.75) is 66.0 Å². The van der Waals surface area contributed by atoms with Crippen LogP contribution in [0.25, 0.3) is 0 Å². The smallest absolute Gasteiger partial charge is 0.323 e. The molecule has 3 heteroatoms. The Kier molecular flexibility index (Phi) is 4.78. The maximum Gasteiger partial charge on any atom is 0.323 e. The minimum Gasteiger partial charge on any atom is -0.459 e. The first-order valence-corrected chi connectivity index (χ1v) is 5.50. The predicted octanol–water partition coefficient (Wildman–Crippen LogP) is 2.48. The molecule has 2 N–H and O–H groups in total. The van der Waals surface area contributed by atoms with E-state index in [0.29, 0.717) is 6.42 Å². The molecule has 0 saturated carbocycles. The van der Waals surface area contributed by atoms with E-state index in [1.807, 2.05) is 20.8 Å². The van der Waals surface area contributed by atoms with Gasteiger partial charge in [0.15, 0.2) is 0 Å². The fraction of sp³-hybridized carbons (Fsp3) is 0.917. The van der Waals surface area contributed by atoms with Crippen molar-refractivity contribution >= 4 is 5.97 Å². The number of nitrogens with two attached hydrogens (primary N) is 1. The van der Waals surface area contributed by atoms with Gasteiger partial charge < -0.3 is 10.5 Å². The summed E-state index contributed by atoms with van der Waals surface area (Å²) in [7, 11) is 0. The number of ether oxygens (including phenoxy) is 1. The van der Waals surface area contributed by atoms with E-state index in [9.17, 15) is 4.79 Å². The normalized spacial score (nSPS) is 14.9. The van der Waals surface area contributed by atoms with Crippen molar-refractivity contribution in [3.8, 4) is 0 Å². The minimum absolute atomic E-state index is 0.208. The molecule has 0 aromatic carbocycles. The lowest BCUT2D eigenvalue weighted by molar-refractivity contribution is -0.156. The summed E-state index contributed by atoms with van der Waals surface area (Å²) in [4.78, 5) is 11.5. The van der Waals surface area contributed by atoms with E-state index in [2.05, 4.69) is 20.8 Å². The highest BCUT2D eigenvalue weighted by Gasteiger charge is 2.23. The van der Waals surface area contributed by atoms with Gasteiger partial charge in [0.05, 0.1) is 0 Å². The van der Waals surface area contributed by atoms with Gasteiger partial charge in [0.2, 0.25) is 0 Å². The van der Waals surface area contributed by atoms with Crippen molar-refractivity contribution in [3.05, 3.63) is 0 Å². The van der Waals surface area contributed by atoms with E-state index >= 15 is 0 Å². The molecule has 0 radical (unpaired) electrons. The van der Waals surface area contributed by atoms with Crippen molar-refractivity contribution in [2.75, 3.05) is 0 Å². The number of esters is 1. The summed E-state index contributed by atoms with van der Waals surface area (Å²) >= 11 is 0. The molecule has 0 aliphatic rings. The second-order valence-corrected chi connectivity index (χ2v) is 6.24. The molecular weight excluding hydrogens is 190 g/mol. The summed E-state index contributed by atoms with van der Waals surface area (Å²) in [6, 6.07) is -0.497. The molecule has 90 valence electrons. The lowest BCUT2D eigenvalue weighted by Gasteiger charge is -2.24. The van der Waals surface area contributed by atoms with Gasteiger partial charge in [-0.1, -0.05) is 20.8 Å². The van der Waals surface area contributed by atoms with Crippen LogP contribution in [0.1, 0.15) is 54.4 Å². The molecule has 1 atom stereocenters. The summed E-state index contributed by atoms with van der Waals surface area (Å²) < 4.78 is 5.20. The molecule has 0 amide bonds. The van der Waals surface area contributed by atoms with Crippen LogP contribution in [0, 0.1) is 5.41 Å². The molecule has 0 spiro atoms. The second kappa shape index (κ2) is 4.97. The van der Waals surface area contributed by atoms with E-state index in [-0.39, 0.29) is 11.4 Å². The number of carbonyl (C=O) groups is 1. The van der Waals surface area contributed by atoms with E-state index in [0.717, 1.165) is 6.42 Å². The van der Waals surface area contributed by atoms with Crippen LogP contribution in [-0.2, 0) is 9.53 Å². The number of hydrogen-bond acceptors (Lipinski definition) is 3. The fourth-order valence-corrected chi connectivity index (χ4v) is 1.08. The topological polar surface area (TPSA) is 52.3 Å². The lowest BCUT2D eigenvalue weighted by atomic mass is 9.89. The lowest BCUT2D eigenvalue weighted by Crippen LogP contribution is -2.37. The summed E-state index contributed by atoms with van der Waals surface area (Å²) in [5.74, 6) is -0.299. The fourth-order valence-electron chi connectivity index (χ4n) is 1.08. The van der Waals surface area contributed by atoms with Gasteiger partial charge in [-0.05, 0) is 39.0 Å². The Hall–Kier alpha value is -0.570. The number of carbonyl (C=O) groups excluding carboxylic acids is 1. The molecule has 0 bridgehead atoms. The molecule has 0 aliphatic carbocycles. The summed E-state index contributed by atoms with van der Waals surface area (Å²) in [5, 5.41) is 0. The molecule has 0 aromatic rings. The molecule has 3 nitrogen and oxygen atoms in total. The zero-order valence-electron chi connectivity index (χ0n) is 10.9. The van der Waals surface area contributed by atoms with Gasteiger partial charge in [0.1, 0.15) is 11.6 Å². The molecule has 0 saturated heterocycles. The third kappa shape index (κ3) is 8.43. The van der Waals surface area contributed by atoms with Crippen LogP contribution in [0.3, 0.4) is 0 Å². The van der Waals surface area contributed by atoms with Gasteiger partial charge in [0, 0.05) is 0 Å². The Bertz CT molecular complexity index is 211. The number of hydrogen-bond donors (Lipinski definition) is 1. The Morgan fingerprint density at radius 1 is 1.20 bits per heavy atom. The minimum atomic E-state index is -0.497. The number of rotatable bonds is 3. The summed E-state index contributed by atoms with van der Waals surface area (Å²) in [6.45, 7) is 11.9. The highest BCUT2D eigenvalue weighted by Crippen LogP contribution is 2.21. The van der Waals surface area contributed by atoms with Gasteiger partial charge in [-0.3, -0.25) is 4.79 Å². The standard InChI is InChI=1S/C12H25NO2/c1-11(2,3)8-7-9(13)10(14)15-12(4,5)6/h9H,7-8,13H2,1-6H3. The first-order chi connectivity index (χ1) is 6.51. The monoisotopic (exact) mass is 215 g/mol. The van der Waals surface area contributed by atoms with E-state index < -0.39 is 11.6 Å². The van der Waals surface area contributed by atoms with Crippen LogP contribution in [0.5, 0.6) is 0 Å². The molecule has 0 heterocycles. The van der Waals surface area contributed by atoms with Crippen molar-refractivity contribution in [3.63, 3.8) is 0 Å². The Morgan fingerprint density at radius 2 is 1.67 bits per heavy atom. The molecule has 0 rings (SSSR count). The zero-order chi connectivity index (χ0) is 12.3. The Morgan fingerprint density at radius 3 is 2.00 bits per heavy atom. The van der Waals surface area contributed by atoms with Crippen molar-refractivity contribution in [1.29, 1.82) is 0 Å². The quantitative estimate of drug-likeness (QED) is 0.736. The largest absolute Gasteiger partial charge is 0.459 e. The van der Waals surface area contributed by atoms with Crippen molar-refractivity contribution in [2.24, 2.45) is 11.1 Å². The first-order valence-electron chi connectivity index (χ1n) is 5.50. The van der Waals surface area contributed by atoms with E-state index in [1.54, 1.807) is 0 Å². The third-order valence-electron chi connectivity index (χ3n) is 1.91. The zero-order valence-corrected chi connectivity index (χ0v) is 10.9. The molecule has 1 unspecified atom stereocenters. The highest BCUT2D eigenvalue weighted by atomic mass is 16.6. The Balaban J connectivity index is 4.01. The van der Waals surface area contributed by atoms with Crippen LogP contribution in [-0.4, -0.2) is 17.6 Å². The molecular formula is C12H25NO2. The second-order valence-electron chi connectivity index (χ2n) is 6.24. The van der Waals surface area contributed by atoms with Crippen molar-refractivity contribution in [1.82, 2.24) is 0 Å². The van der Waals surface area contributed by atoms with E-state index in [4.69, 9.17) is 10.5 Å². The predicted molar refractivity (Wildman–Crippen MR) is 62.5 cm³/mol. The molecule has 0 aliphatic heterocycles. The Labute approximate surface area is 93.4 Å². The van der Waals surface area contributed by atoms with Crippen LogP contribution >= 0.6 is 0 Å². The van der Waals surface area contributed by atoms with Gasteiger partial charge in [-0.15, -0.1) is 0 Å². The SMILES string of the molecule is CC(C)(C)CCC(N)C(=O)OC(C)(C)C. The van der Waals surface area contributed by atoms with Gasteiger partial charge >= 0.3 is 5.97 Å². The van der Waals surface area contributed by atoms with Crippen LogP contribution in [0.2, 0.25) is 0 Å². The summed E-state index contributed by atoms with van der Waals surface area (Å²) in [5.41, 5.74) is 5.52. The molecule has 15 heavy (non-hydrogen) atoms. The highest BCUT2D eigenvalue weighted by molar-refractivity contribution is 5.75.